The molecule has 0 amide bonds. The van der Waals surface area contributed by atoms with Crippen LogP contribution in [0.2, 0.25) is 0 Å². The minimum absolute atomic E-state index is 0.0490. The highest BCUT2D eigenvalue weighted by atomic mass is 16.3. The van der Waals surface area contributed by atoms with E-state index in [9.17, 15) is 9.90 Å². The molecule has 3 aromatic rings. The van der Waals surface area contributed by atoms with Gasteiger partial charge in [-0.05, 0) is 23.8 Å². The monoisotopic (exact) mass is 392 g/mol. The number of nitrogens with zero attached hydrogens (tertiary/aromatic N) is 4. The number of aliphatic hydroxyl groups is 1. The summed E-state index contributed by atoms with van der Waals surface area (Å²) in [6.07, 6.45) is 3.94. The number of Topliss-reactive ketones (excluding diaryl/α,β-unsaturated/α-hetero) is 1. The first-order valence-electron chi connectivity index (χ1n) is 10.2. The molecule has 4 rings (SSSR count). The topological polar surface area (TPSA) is 70.7 Å². The van der Waals surface area contributed by atoms with Gasteiger partial charge in [0.2, 0.25) is 0 Å². The Balaban J connectivity index is 1.62. The summed E-state index contributed by atoms with van der Waals surface area (Å²) < 4.78 is 1.79. The molecule has 6 nitrogen and oxygen atoms in total. The third-order valence-corrected chi connectivity index (χ3v) is 5.69. The average molecular weight is 393 g/mol. The molecule has 152 valence electrons. The van der Waals surface area contributed by atoms with Gasteiger partial charge in [-0.2, -0.15) is 9.61 Å². The molecule has 0 saturated carbocycles. The lowest BCUT2D eigenvalue weighted by Crippen LogP contribution is -2.33. The highest BCUT2D eigenvalue weighted by Crippen LogP contribution is 2.27. The number of ketones is 1. The lowest BCUT2D eigenvalue weighted by Gasteiger charge is -2.25. The average Bonchev–Trinajstić information content (AvgIpc) is 3.35. The van der Waals surface area contributed by atoms with Crippen molar-refractivity contribution < 1.29 is 9.90 Å². The van der Waals surface area contributed by atoms with Crippen molar-refractivity contribution in [2.75, 3.05) is 18.1 Å². The number of hydrogen-bond donors (Lipinski definition) is 1. The second-order valence-electron chi connectivity index (χ2n) is 8.81. The Labute approximate surface area is 171 Å². The van der Waals surface area contributed by atoms with E-state index in [0.29, 0.717) is 5.56 Å². The predicted molar refractivity (Wildman–Crippen MR) is 114 cm³/mol. The van der Waals surface area contributed by atoms with Crippen LogP contribution in [0.4, 0.5) is 5.82 Å². The van der Waals surface area contributed by atoms with Gasteiger partial charge >= 0.3 is 0 Å². The van der Waals surface area contributed by atoms with Gasteiger partial charge in [-0.25, -0.2) is 4.98 Å². The number of carbonyl (C=O) groups is 1. The smallest absolute Gasteiger partial charge is 0.168 e. The van der Waals surface area contributed by atoms with Gasteiger partial charge in [0.05, 0.1) is 31.0 Å². The second kappa shape index (κ2) is 7.59. The molecule has 0 spiro atoms. The van der Waals surface area contributed by atoms with Crippen LogP contribution in [-0.2, 0) is 11.8 Å². The maximum absolute atomic E-state index is 12.9. The van der Waals surface area contributed by atoms with Gasteiger partial charge in [0.25, 0.3) is 0 Å². The van der Waals surface area contributed by atoms with Crippen molar-refractivity contribution in [1.82, 2.24) is 14.6 Å². The first-order valence-corrected chi connectivity index (χ1v) is 10.2. The van der Waals surface area contributed by atoms with E-state index in [2.05, 4.69) is 35.8 Å². The molecule has 1 fully saturated rings. The van der Waals surface area contributed by atoms with Crippen LogP contribution in [0.15, 0.2) is 42.6 Å². The van der Waals surface area contributed by atoms with Crippen LogP contribution in [0, 0.1) is 0 Å². The Morgan fingerprint density at radius 3 is 2.66 bits per heavy atom. The normalized spacial score (nSPS) is 17.2. The fourth-order valence-corrected chi connectivity index (χ4v) is 3.99. The molecule has 2 aromatic heterocycles. The van der Waals surface area contributed by atoms with Crippen molar-refractivity contribution in [3.63, 3.8) is 0 Å². The van der Waals surface area contributed by atoms with Crippen LogP contribution in [0.5, 0.6) is 0 Å². The Kier molecular flexibility index (Phi) is 5.13. The third-order valence-electron chi connectivity index (χ3n) is 5.69. The summed E-state index contributed by atoms with van der Waals surface area (Å²) >= 11 is 0. The Hall–Kier alpha value is -2.73. The van der Waals surface area contributed by atoms with E-state index < -0.39 is 0 Å². The number of aliphatic hydroxyl groups excluding tert-OH is 1. The summed E-state index contributed by atoms with van der Waals surface area (Å²) in [5, 5.41) is 14.1. The molecule has 1 aromatic carbocycles. The zero-order valence-corrected chi connectivity index (χ0v) is 17.3. The molecule has 0 bridgehead atoms. The van der Waals surface area contributed by atoms with E-state index in [1.807, 2.05) is 36.4 Å². The van der Waals surface area contributed by atoms with Crippen molar-refractivity contribution in [3.05, 3.63) is 59.4 Å². The zero-order valence-electron chi connectivity index (χ0n) is 17.3. The maximum atomic E-state index is 12.9. The molecule has 1 aliphatic rings. The molecule has 0 radical (unpaired) electrons. The summed E-state index contributed by atoms with van der Waals surface area (Å²) in [4.78, 5) is 19.7. The maximum Gasteiger partial charge on any atom is 0.168 e. The molecular formula is C23H28N4O2. The fourth-order valence-electron chi connectivity index (χ4n) is 3.99. The highest BCUT2D eigenvalue weighted by Gasteiger charge is 2.27. The van der Waals surface area contributed by atoms with Gasteiger partial charge < -0.3 is 10.0 Å². The van der Waals surface area contributed by atoms with Crippen LogP contribution < -0.4 is 4.90 Å². The molecule has 1 atom stereocenters. The van der Waals surface area contributed by atoms with Crippen LogP contribution >= 0.6 is 0 Å². The Morgan fingerprint density at radius 1 is 1.21 bits per heavy atom. The zero-order chi connectivity index (χ0) is 20.6. The van der Waals surface area contributed by atoms with Crippen molar-refractivity contribution in [3.8, 4) is 0 Å². The number of rotatable bonds is 5. The first kappa shape index (κ1) is 19.6. The van der Waals surface area contributed by atoms with Gasteiger partial charge in [0, 0.05) is 24.2 Å². The van der Waals surface area contributed by atoms with Crippen LogP contribution in [0.1, 0.15) is 55.2 Å². The SMILES string of the molecule is CC(C)(C)c1ccc(C(=O)Cc2cc(N3CCC[C@H]3CO)n3nccc3n2)cc1. The van der Waals surface area contributed by atoms with Gasteiger partial charge in [-0.3, -0.25) is 4.79 Å². The second-order valence-corrected chi connectivity index (χ2v) is 8.81. The number of aromatic nitrogens is 3. The number of benzene rings is 1. The molecule has 29 heavy (non-hydrogen) atoms. The fraction of sp³-hybridized carbons (Fsp3) is 0.435. The standard InChI is InChI=1S/C23H28N4O2/c1-23(2,3)17-8-6-16(7-9-17)20(29)13-18-14-22(26-12-4-5-19(26)15-28)27-21(25-18)10-11-24-27/h6-11,14,19,28H,4-5,12-13,15H2,1-3H3/t19-/m0/s1. The lowest BCUT2D eigenvalue weighted by atomic mass is 9.86. The molecule has 1 N–H and O–H groups in total. The molecule has 0 unspecified atom stereocenters. The summed E-state index contributed by atoms with van der Waals surface area (Å²) in [7, 11) is 0. The molecule has 1 aliphatic heterocycles. The van der Waals surface area contributed by atoms with Crippen LogP contribution in [-0.4, -0.2) is 44.7 Å². The van der Waals surface area contributed by atoms with Gasteiger partial charge in [-0.1, -0.05) is 45.0 Å². The minimum Gasteiger partial charge on any atom is -0.394 e. The molecule has 6 heteroatoms. The van der Waals surface area contributed by atoms with E-state index in [-0.39, 0.29) is 30.3 Å². The Morgan fingerprint density at radius 2 is 1.97 bits per heavy atom. The van der Waals surface area contributed by atoms with E-state index >= 15 is 0 Å². The highest BCUT2D eigenvalue weighted by molar-refractivity contribution is 5.97. The van der Waals surface area contributed by atoms with Gasteiger partial charge in [0.15, 0.2) is 11.4 Å². The van der Waals surface area contributed by atoms with E-state index in [4.69, 9.17) is 0 Å². The molecular weight excluding hydrogens is 364 g/mol. The Bertz CT molecular complexity index is 1020. The summed E-state index contributed by atoms with van der Waals surface area (Å²) in [5.41, 5.74) is 3.41. The summed E-state index contributed by atoms with van der Waals surface area (Å²) in [6, 6.07) is 11.7. The van der Waals surface area contributed by atoms with Crippen LogP contribution in [0.25, 0.3) is 5.65 Å². The largest absolute Gasteiger partial charge is 0.394 e. The first-order chi connectivity index (χ1) is 13.9. The van der Waals surface area contributed by atoms with Crippen molar-refractivity contribution >= 4 is 17.2 Å². The van der Waals surface area contributed by atoms with Crippen molar-refractivity contribution in [2.45, 2.75) is 51.5 Å². The number of hydrogen-bond acceptors (Lipinski definition) is 5. The van der Waals surface area contributed by atoms with E-state index in [1.165, 1.54) is 5.56 Å². The van der Waals surface area contributed by atoms with Crippen molar-refractivity contribution in [2.24, 2.45) is 0 Å². The van der Waals surface area contributed by atoms with Gasteiger partial charge in [-0.15, -0.1) is 0 Å². The van der Waals surface area contributed by atoms with E-state index in [1.54, 1.807) is 10.7 Å². The molecule has 1 saturated heterocycles. The molecule has 3 heterocycles. The number of carbonyl (C=O) groups excluding carboxylic acids is 1. The third kappa shape index (κ3) is 3.90. The number of anilines is 1. The molecule has 0 aliphatic carbocycles. The summed E-state index contributed by atoms with van der Waals surface area (Å²) in [6.45, 7) is 7.46. The van der Waals surface area contributed by atoms with Gasteiger partial charge in [0.1, 0.15) is 5.82 Å². The van der Waals surface area contributed by atoms with Crippen molar-refractivity contribution in [1.29, 1.82) is 0 Å². The minimum atomic E-state index is 0.0490. The van der Waals surface area contributed by atoms with E-state index in [0.717, 1.165) is 36.5 Å². The summed E-state index contributed by atoms with van der Waals surface area (Å²) in [5.74, 6) is 0.940. The number of fused-ring (bicyclic) bond motifs is 1. The quantitative estimate of drug-likeness (QED) is 0.674. The lowest BCUT2D eigenvalue weighted by molar-refractivity contribution is 0.0992. The predicted octanol–water partition coefficient (Wildman–Crippen LogP) is 3.41. The van der Waals surface area contributed by atoms with Crippen LogP contribution in [0.3, 0.4) is 0 Å².